The van der Waals surface area contributed by atoms with Crippen LogP contribution in [-0.2, 0) is 0 Å². The fourth-order valence-corrected chi connectivity index (χ4v) is 2.14. The van der Waals surface area contributed by atoms with E-state index in [9.17, 15) is 13.2 Å². The number of thioether (sulfide) groups is 1. The van der Waals surface area contributed by atoms with Crippen molar-refractivity contribution in [3.63, 3.8) is 0 Å². The second kappa shape index (κ2) is 3.76. The van der Waals surface area contributed by atoms with Crippen molar-refractivity contribution >= 4 is 22.7 Å². The first kappa shape index (κ1) is 10.9. The molecule has 0 radical (unpaired) electrons. The number of aromatic amines is 1. The van der Waals surface area contributed by atoms with E-state index in [0.29, 0.717) is 10.9 Å². The minimum atomic E-state index is -4.35. The van der Waals surface area contributed by atoms with Gasteiger partial charge in [-0.3, -0.25) is 0 Å². The molecule has 0 aliphatic carbocycles. The monoisotopic (exact) mass is 242 g/mol. The molecule has 0 atom stereocenters. The molecule has 2 nitrogen and oxygen atoms in total. The lowest BCUT2D eigenvalue weighted by Crippen LogP contribution is -1.98. The zero-order chi connectivity index (χ0) is 11.8. The second-order valence-corrected chi connectivity index (χ2v) is 4.15. The Morgan fingerprint density at radius 2 is 2.06 bits per heavy atom. The summed E-state index contributed by atoms with van der Waals surface area (Å²) in [5.41, 5.74) is -3.58. The predicted molar refractivity (Wildman–Crippen MR) is 54.9 cm³/mol. The van der Waals surface area contributed by atoms with Gasteiger partial charge in [0.1, 0.15) is 0 Å². The van der Waals surface area contributed by atoms with Gasteiger partial charge in [-0.25, -0.2) is 0 Å². The van der Waals surface area contributed by atoms with Gasteiger partial charge in [0.2, 0.25) is 0 Å². The number of nitriles is 1. The van der Waals surface area contributed by atoms with E-state index in [1.54, 1.807) is 12.1 Å². The van der Waals surface area contributed by atoms with E-state index in [4.69, 9.17) is 5.26 Å². The Labute approximate surface area is 93.1 Å². The van der Waals surface area contributed by atoms with Crippen LogP contribution >= 0.6 is 11.8 Å². The molecule has 0 saturated heterocycles. The molecule has 82 valence electrons. The number of nitrogens with zero attached hydrogens (tertiary/aromatic N) is 1. The number of alkyl halides is 3. The van der Waals surface area contributed by atoms with Crippen molar-refractivity contribution in [3.8, 4) is 6.07 Å². The van der Waals surface area contributed by atoms with E-state index in [1.165, 1.54) is 12.3 Å². The maximum Gasteiger partial charge on any atom is 0.446 e. The first-order chi connectivity index (χ1) is 7.51. The number of benzene rings is 1. The number of H-pyrrole nitrogens is 1. The second-order valence-electron chi connectivity index (χ2n) is 3.04. The highest BCUT2D eigenvalue weighted by Crippen LogP contribution is 2.41. The molecule has 16 heavy (non-hydrogen) atoms. The Kier molecular flexibility index (Phi) is 2.56. The summed E-state index contributed by atoms with van der Waals surface area (Å²) in [4.78, 5) is 2.74. The number of aromatic nitrogens is 1. The van der Waals surface area contributed by atoms with Gasteiger partial charge in [0.05, 0.1) is 11.6 Å². The average Bonchev–Trinajstić information content (AvgIpc) is 2.59. The third kappa shape index (κ3) is 1.99. The van der Waals surface area contributed by atoms with Crippen LogP contribution in [0.1, 0.15) is 5.56 Å². The minimum absolute atomic E-state index is 0.0275. The predicted octanol–water partition coefficient (Wildman–Crippen LogP) is 3.65. The average molecular weight is 242 g/mol. The topological polar surface area (TPSA) is 39.6 Å². The van der Waals surface area contributed by atoms with Gasteiger partial charge in [-0.05, 0) is 23.9 Å². The molecule has 0 amide bonds. The number of hydrogen-bond acceptors (Lipinski definition) is 2. The number of halogens is 3. The van der Waals surface area contributed by atoms with Crippen LogP contribution in [0.25, 0.3) is 10.9 Å². The first-order valence-electron chi connectivity index (χ1n) is 4.27. The van der Waals surface area contributed by atoms with Crippen molar-refractivity contribution in [2.75, 3.05) is 0 Å². The summed E-state index contributed by atoms with van der Waals surface area (Å²) < 4.78 is 36.7. The lowest BCUT2D eigenvalue weighted by atomic mass is 10.1. The molecule has 1 N–H and O–H groups in total. The van der Waals surface area contributed by atoms with E-state index >= 15 is 0 Å². The van der Waals surface area contributed by atoms with Crippen molar-refractivity contribution in [1.29, 1.82) is 5.26 Å². The Morgan fingerprint density at radius 1 is 1.31 bits per heavy atom. The molecular formula is C10H5F3N2S. The third-order valence-electron chi connectivity index (χ3n) is 2.02. The number of fused-ring (bicyclic) bond motifs is 1. The normalized spacial score (nSPS) is 11.6. The van der Waals surface area contributed by atoms with Gasteiger partial charge in [-0.2, -0.15) is 18.4 Å². The maximum atomic E-state index is 12.2. The van der Waals surface area contributed by atoms with Crippen LogP contribution in [-0.4, -0.2) is 10.5 Å². The van der Waals surface area contributed by atoms with Crippen molar-refractivity contribution in [1.82, 2.24) is 4.98 Å². The Balaban J connectivity index is 2.60. The Bertz CT molecular complexity index is 565. The zero-order valence-corrected chi connectivity index (χ0v) is 8.62. The number of rotatable bonds is 1. The summed E-state index contributed by atoms with van der Waals surface area (Å²) in [6.45, 7) is 0. The van der Waals surface area contributed by atoms with Crippen LogP contribution in [0, 0.1) is 11.3 Å². The van der Waals surface area contributed by atoms with Crippen LogP contribution in [0.5, 0.6) is 0 Å². The van der Waals surface area contributed by atoms with Gasteiger partial charge in [0.25, 0.3) is 0 Å². The lowest BCUT2D eigenvalue weighted by molar-refractivity contribution is -0.0327. The number of nitrogens with one attached hydrogen (secondary N) is 1. The lowest BCUT2D eigenvalue weighted by Gasteiger charge is -2.04. The molecule has 0 aliphatic heterocycles. The Hall–Kier alpha value is -1.61. The van der Waals surface area contributed by atoms with E-state index < -0.39 is 5.51 Å². The molecule has 2 aromatic rings. The molecule has 0 fully saturated rings. The molecule has 1 aromatic carbocycles. The molecule has 0 unspecified atom stereocenters. The fraction of sp³-hybridized carbons (Fsp3) is 0.100. The maximum absolute atomic E-state index is 12.2. The van der Waals surface area contributed by atoms with Crippen LogP contribution in [0.4, 0.5) is 13.2 Å². The van der Waals surface area contributed by atoms with E-state index in [0.717, 1.165) is 0 Å². The Morgan fingerprint density at radius 3 is 2.69 bits per heavy atom. The molecule has 1 aromatic heterocycles. The molecule has 1 heterocycles. The van der Waals surface area contributed by atoms with Crippen LogP contribution in [0.15, 0.2) is 29.3 Å². The molecule has 6 heteroatoms. The largest absolute Gasteiger partial charge is 0.446 e. The highest BCUT2D eigenvalue weighted by molar-refractivity contribution is 8.00. The summed E-state index contributed by atoms with van der Waals surface area (Å²) in [7, 11) is 0. The summed E-state index contributed by atoms with van der Waals surface area (Å²) in [5.74, 6) is 0. The molecule has 0 aliphatic rings. The van der Waals surface area contributed by atoms with E-state index in [1.807, 2.05) is 6.07 Å². The van der Waals surface area contributed by atoms with Gasteiger partial charge in [0, 0.05) is 22.0 Å². The smallest absolute Gasteiger partial charge is 0.360 e. The summed E-state index contributed by atoms with van der Waals surface area (Å²) in [6.07, 6.45) is 1.27. The first-order valence-corrected chi connectivity index (χ1v) is 5.09. The van der Waals surface area contributed by atoms with Gasteiger partial charge in [-0.15, -0.1) is 0 Å². The van der Waals surface area contributed by atoms with Gasteiger partial charge in [-0.1, -0.05) is 6.07 Å². The van der Waals surface area contributed by atoms with Gasteiger partial charge < -0.3 is 4.98 Å². The van der Waals surface area contributed by atoms with Crippen molar-refractivity contribution in [2.45, 2.75) is 10.4 Å². The van der Waals surface area contributed by atoms with Crippen molar-refractivity contribution in [3.05, 3.63) is 30.0 Å². The van der Waals surface area contributed by atoms with Gasteiger partial charge in [0.15, 0.2) is 0 Å². The van der Waals surface area contributed by atoms with E-state index in [-0.39, 0.29) is 22.2 Å². The highest BCUT2D eigenvalue weighted by Gasteiger charge is 2.30. The van der Waals surface area contributed by atoms with Crippen LogP contribution in [0.2, 0.25) is 0 Å². The molecule has 2 rings (SSSR count). The molecule has 0 bridgehead atoms. The van der Waals surface area contributed by atoms with E-state index in [2.05, 4.69) is 4.98 Å². The zero-order valence-electron chi connectivity index (χ0n) is 7.80. The summed E-state index contributed by atoms with van der Waals surface area (Å²) >= 11 is -0.216. The minimum Gasteiger partial charge on any atom is -0.360 e. The van der Waals surface area contributed by atoms with Crippen LogP contribution in [0.3, 0.4) is 0 Å². The third-order valence-corrected chi connectivity index (χ3v) is 2.79. The number of hydrogen-bond donors (Lipinski definition) is 1. The molecule has 0 spiro atoms. The van der Waals surface area contributed by atoms with Crippen molar-refractivity contribution < 1.29 is 13.2 Å². The van der Waals surface area contributed by atoms with Gasteiger partial charge >= 0.3 is 5.51 Å². The summed E-state index contributed by atoms with van der Waals surface area (Å²) in [6, 6.07) is 6.64. The SMILES string of the molecule is N#Cc1cccc2[nH]cc(SC(F)(F)F)c12. The highest BCUT2D eigenvalue weighted by atomic mass is 32.2. The van der Waals surface area contributed by atoms with Crippen molar-refractivity contribution in [2.24, 2.45) is 0 Å². The summed E-state index contributed by atoms with van der Waals surface area (Å²) in [5, 5.41) is 9.15. The van der Waals surface area contributed by atoms with Crippen LogP contribution < -0.4 is 0 Å². The molecular weight excluding hydrogens is 237 g/mol. The quantitative estimate of drug-likeness (QED) is 0.775. The fourth-order valence-electron chi connectivity index (χ4n) is 1.45. The standard InChI is InChI=1S/C10H5F3N2S/c11-10(12,13)16-8-5-15-7-3-1-2-6(4-14)9(7)8/h1-3,5,15H. The molecule has 0 saturated carbocycles.